The normalized spacial score (nSPS) is 36.9. The number of non-ortho nitro benzene ring substituents is 1. The number of hydrogen-bond donors (Lipinski definition) is 1. The van der Waals surface area contributed by atoms with E-state index in [1.54, 1.807) is 12.1 Å². The number of nitro groups is 1. The summed E-state index contributed by atoms with van der Waals surface area (Å²) in [7, 11) is 0. The predicted octanol–water partition coefficient (Wildman–Crippen LogP) is 4.21. The van der Waals surface area contributed by atoms with Gasteiger partial charge >= 0.3 is 0 Å². The number of rotatable bonds is 4. The van der Waals surface area contributed by atoms with Gasteiger partial charge in [0.2, 0.25) is 0 Å². The van der Waals surface area contributed by atoms with Crippen molar-refractivity contribution in [2.45, 2.75) is 64.0 Å². The first kappa shape index (κ1) is 18.9. The highest BCUT2D eigenvalue weighted by Gasteiger charge is 2.52. The number of aliphatic hydroxyl groups is 1. The summed E-state index contributed by atoms with van der Waals surface area (Å²) in [4.78, 5) is 13.2. The average Bonchev–Trinajstić information content (AvgIpc) is 2.93. The van der Waals surface area contributed by atoms with Crippen LogP contribution in [0.2, 0.25) is 0 Å². The van der Waals surface area contributed by atoms with Gasteiger partial charge in [0.05, 0.1) is 11.0 Å². The predicted molar refractivity (Wildman–Crippen MR) is 106 cm³/mol. The third-order valence-corrected chi connectivity index (χ3v) is 7.90. The lowest BCUT2D eigenvalue weighted by Gasteiger charge is -2.47. The van der Waals surface area contributed by atoms with Crippen LogP contribution in [-0.2, 0) is 0 Å². The molecule has 1 N–H and O–H groups in total. The first-order chi connectivity index (χ1) is 12.8. The lowest BCUT2D eigenvalue weighted by Crippen LogP contribution is -2.53. The summed E-state index contributed by atoms with van der Waals surface area (Å²) in [5, 5.41) is 21.6. The minimum Gasteiger partial charge on any atom is -0.393 e. The molecular weight excluding hydrogens is 340 g/mol. The van der Waals surface area contributed by atoms with E-state index in [4.69, 9.17) is 0 Å². The molecule has 0 amide bonds. The fourth-order valence-electron chi connectivity index (χ4n) is 6.01. The second-order valence-electron chi connectivity index (χ2n) is 9.77. The standard InChI is InChI=1S/C22H32N2O3/c1-14-4-9-20(21(25)10-14)22(2,3)23-12-16-11-18(19(16)13-23)15-5-7-17(8-6-15)24(26)27/h5-8,14,16,18-21,25H,4,9-13H2,1-3H3/t14-,16-,18-,19+,20-,21-/m1/s1. The number of hydrogen-bond acceptors (Lipinski definition) is 4. The highest BCUT2D eigenvalue weighted by molar-refractivity contribution is 5.36. The zero-order chi connectivity index (χ0) is 19.3. The Bertz CT molecular complexity index is 702. The highest BCUT2D eigenvalue weighted by Crippen LogP contribution is 2.54. The number of likely N-dealkylation sites (tertiary alicyclic amines) is 1. The Kier molecular flexibility index (Phi) is 4.79. The molecule has 0 bridgehead atoms. The summed E-state index contributed by atoms with van der Waals surface area (Å²) in [6.45, 7) is 9.10. The largest absolute Gasteiger partial charge is 0.393 e. The molecule has 5 heteroatoms. The number of fused-ring (bicyclic) bond motifs is 1. The second kappa shape index (κ2) is 6.85. The first-order valence-electron chi connectivity index (χ1n) is 10.4. The van der Waals surface area contributed by atoms with Gasteiger partial charge in [0, 0.05) is 36.7 Å². The maximum atomic E-state index is 10.9. The minimum absolute atomic E-state index is 0.0247. The summed E-state index contributed by atoms with van der Waals surface area (Å²) < 4.78 is 0. The Morgan fingerprint density at radius 1 is 1.15 bits per heavy atom. The van der Waals surface area contributed by atoms with Gasteiger partial charge in [-0.25, -0.2) is 0 Å². The molecule has 0 radical (unpaired) electrons. The molecule has 3 fully saturated rings. The number of nitrogens with zero attached hydrogens (tertiary/aromatic N) is 2. The van der Waals surface area contributed by atoms with E-state index in [1.807, 2.05) is 12.1 Å². The SMILES string of the molecule is C[C@@H]1CC[C@@H](C(C)(C)N2C[C@H]3C[C@H](c4ccc([N+](=O)[O-])cc4)[C@H]3C2)[C@H](O)C1. The van der Waals surface area contributed by atoms with Crippen molar-refractivity contribution < 1.29 is 10.0 Å². The summed E-state index contributed by atoms with van der Waals surface area (Å²) in [6, 6.07) is 7.16. The van der Waals surface area contributed by atoms with Crippen molar-refractivity contribution in [1.29, 1.82) is 0 Å². The average molecular weight is 373 g/mol. The Balaban J connectivity index is 1.43. The highest BCUT2D eigenvalue weighted by atomic mass is 16.6. The molecule has 3 aliphatic rings. The molecule has 1 heterocycles. The summed E-state index contributed by atoms with van der Waals surface area (Å²) in [5.41, 5.74) is 1.44. The molecular formula is C22H32N2O3. The van der Waals surface area contributed by atoms with E-state index in [2.05, 4.69) is 25.7 Å². The van der Waals surface area contributed by atoms with Crippen molar-refractivity contribution >= 4 is 5.69 Å². The van der Waals surface area contributed by atoms with Gasteiger partial charge in [-0.15, -0.1) is 0 Å². The molecule has 1 aromatic rings. The van der Waals surface area contributed by atoms with E-state index in [0.717, 1.165) is 31.8 Å². The lowest BCUT2D eigenvalue weighted by atomic mass is 9.64. The molecule has 148 valence electrons. The molecule has 4 rings (SSSR count). The molecule has 27 heavy (non-hydrogen) atoms. The molecule has 1 aliphatic heterocycles. The van der Waals surface area contributed by atoms with Gasteiger partial charge in [-0.1, -0.05) is 25.5 Å². The summed E-state index contributed by atoms with van der Waals surface area (Å²) in [5.74, 6) is 2.87. The summed E-state index contributed by atoms with van der Waals surface area (Å²) >= 11 is 0. The second-order valence-corrected chi connectivity index (χ2v) is 9.77. The molecule has 5 nitrogen and oxygen atoms in total. The quantitative estimate of drug-likeness (QED) is 0.635. The lowest BCUT2D eigenvalue weighted by molar-refractivity contribution is -0.384. The van der Waals surface area contributed by atoms with Crippen molar-refractivity contribution in [3.63, 3.8) is 0 Å². The van der Waals surface area contributed by atoms with Crippen molar-refractivity contribution in [1.82, 2.24) is 4.90 Å². The maximum absolute atomic E-state index is 10.9. The van der Waals surface area contributed by atoms with Crippen LogP contribution in [0.5, 0.6) is 0 Å². The number of benzene rings is 1. The fraction of sp³-hybridized carbons (Fsp3) is 0.727. The number of aliphatic hydroxyl groups excluding tert-OH is 1. The van der Waals surface area contributed by atoms with E-state index in [1.165, 1.54) is 18.4 Å². The van der Waals surface area contributed by atoms with Gasteiger partial charge in [0.1, 0.15) is 0 Å². The molecule has 0 aromatic heterocycles. The third kappa shape index (κ3) is 3.29. The monoisotopic (exact) mass is 372 g/mol. The Morgan fingerprint density at radius 3 is 2.48 bits per heavy atom. The van der Waals surface area contributed by atoms with Crippen LogP contribution in [0.3, 0.4) is 0 Å². The molecule has 2 saturated carbocycles. The molecule has 0 spiro atoms. The van der Waals surface area contributed by atoms with E-state index >= 15 is 0 Å². The molecule has 1 saturated heterocycles. The van der Waals surface area contributed by atoms with Crippen LogP contribution in [0.4, 0.5) is 5.69 Å². The van der Waals surface area contributed by atoms with Gasteiger partial charge in [-0.05, 0) is 62.3 Å². The maximum Gasteiger partial charge on any atom is 0.269 e. The fourth-order valence-corrected chi connectivity index (χ4v) is 6.01. The zero-order valence-electron chi connectivity index (χ0n) is 16.7. The molecule has 1 aromatic carbocycles. The van der Waals surface area contributed by atoms with Crippen molar-refractivity contribution in [2.75, 3.05) is 13.1 Å². The molecule has 0 unspecified atom stereocenters. The van der Waals surface area contributed by atoms with Crippen LogP contribution in [0.25, 0.3) is 0 Å². The van der Waals surface area contributed by atoms with Crippen molar-refractivity contribution in [3.05, 3.63) is 39.9 Å². The third-order valence-electron chi connectivity index (χ3n) is 7.90. The molecule has 6 atom stereocenters. The van der Waals surface area contributed by atoms with Crippen LogP contribution in [0, 0.1) is 33.8 Å². The van der Waals surface area contributed by atoms with Crippen LogP contribution in [-0.4, -0.2) is 39.7 Å². The Morgan fingerprint density at radius 2 is 1.85 bits per heavy atom. The molecule has 2 aliphatic carbocycles. The van der Waals surface area contributed by atoms with E-state index < -0.39 is 0 Å². The van der Waals surface area contributed by atoms with Crippen LogP contribution in [0.15, 0.2) is 24.3 Å². The minimum atomic E-state index is -0.330. The zero-order valence-corrected chi connectivity index (χ0v) is 16.7. The van der Waals surface area contributed by atoms with Gasteiger partial charge < -0.3 is 5.11 Å². The topological polar surface area (TPSA) is 66.6 Å². The van der Waals surface area contributed by atoms with Crippen molar-refractivity contribution in [2.24, 2.45) is 23.7 Å². The first-order valence-corrected chi connectivity index (χ1v) is 10.4. The van der Waals surface area contributed by atoms with Gasteiger partial charge in [-0.3, -0.25) is 15.0 Å². The summed E-state index contributed by atoms with van der Waals surface area (Å²) in [6.07, 6.45) is 4.26. The van der Waals surface area contributed by atoms with Gasteiger partial charge in [0.25, 0.3) is 5.69 Å². The van der Waals surface area contributed by atoms with Crippen molar-refractivity contribution in [3.8, 4) is 0 Å². The van der Waals surface area contributed by atoms with Gasteiger partial charge in [0.15, 0.2) is 0 Å². The Hall–Kier alpha value is -1.46. The van der Waals surface area contributed by atoms with E-state index in [-0.39, 0.29) is 22.3 Å². The smallest absolute Gasteiger partial charge is 0.269 e. The van der Waals surface area contributed by atoms with Crippen LogP contribution in [0.1, 0.15) is 57.9 Å². The van der Waals surface area contributed by atoms with Gasteiger partial charge in [-0.2, -0.15) is 0 Å². The Labute approximate surface area is 161 Å². The van der Waals surface area contributed by atoms with Crippen LogP contribution >= 0.6 is 0 Å². The van der Waals surface area contributed by atoms with Crippen LogP contribution < -0.4 is 0 Å². The van der Waals surface area contributed by atoms with E-state index in [9.17, 15) is 15.2 Å². The number of nitro benzene ring substituents is 1. The van der Waals surface area contributed by atoms with E-state index in [0.29, 0.717) is 23.7 Å².